The first-order valence-electron chi connectivity index (χ1n) is 6.62. The number of carbonyl (C=O) groups excluding carboxylic acids is 1. The first-order chi connectivity index (χ1) is 10.7. The highest BCUT2D eigenvalue weighted by atomic mass is 79.9. The zero-order valence-electron chi connectivity index (χ0n) is 11.6. The Morgan fingerprint density at radius 2 is 2.14 bits per heavy atom. The minimum absolute atomic E-state index is 0.210. The van der Waals surface area contributed by atoms with E-state index in [-0.39, 0.29) is 12.6 Å². The first-order valence-corrected chi connectivity index (χ1v) is 8.23. The average molecular weight is 374 g/mol. The molecule has 0 saturated heterocycles. The third kappa shape index (κ3) is 2.96. The molecule has 5 heteroatoms. The number of rotatable bonds is 4. The minimum Gasteiger partial charge on any atom is -0.458 e. The second-order valence-corrected chi connectivity index (χ2v) is 6.45. The molecule has 3 rings (SSSR count). The van der Waals surface area contributed by atoms with Gasteiger partial charge in [-0.15, -0.1) is 11.3 Å². The number of carbonyl (C=O) groups is 1. The van der Waals surface area contributed by atoms with E-state index in [9.17, 15) is 4.79 Å². The highest BCUT2D eigenvalue weighted by Crippen LogP contribution is 2.34. The molecule has 1 aromatic heterocycles. The van der Waals surface area contributed by atoms with Crippen LogP contribution in [-0.2, 0) is 4.74 Å². The largest absolute Gasteiger partial charge is 0.458 e. The molecule has 3 aromatic rings. The van der Waals surface area contributed by atoms with Crippen LogP contribution in [0.3, 0.4) is 0 Å². The van der Waals surface area contributed by atoms with Gasteiger partial charge in [-0.05, 0) is 24.3 Å². The van der Waals surface area contributed by atoms with Gasteiger partial charge in [-0.2, -0.15) is 0 Å². The Labute approximate surface area is 140 Å². The van der Waals surface area contributed by atoms with E-state index in [0.717, 1.165) is 25.3 Å². The number of hydrogen-bond donors (Lipinski definition) is 0. The Bertz CT molecular complexity index is 857. The highest BCUT2D eigenvalue weighted by molar-refractivity contribution is 9.10. The number of aromatic nitrogens is 1. The Balaban J connectivity index is 1.99. The van der Waals surface area contributed by atoms with Crippen molar-refractivity contribution in [1.29, 1.82) is 0 Å². The molecular formula is C17H12BrNO2S. The SMILES string of the molecule is C=CCOC(=O)c1ccc2nc(-c3ccccc3Br)sc2c1. The molecule has 0 aliphatic carbocycles. The van der Waals surface area contributed by atoms with Crippen LogP contribution in [0, 0.1) is 0 Å². The molecule has 0 unspecified atom stereocenters. The summed E-state index contributed by atoms with van der Waals surface area (Å²) in [6.07, 6.45) is 1.55. The van der Waals surface area contributed by atoms with Gasteiger partial charge >= 0.3 is 5.97 Å². The van der Waals surface area contributed by atoms with Gasteiger partial charge in [-0.3, -0.25) is 0 Å². The van der Waals surface area contributed by atoms with Gasteiger partial charge in [-0.1, -0.05) is 46.8 Å². The van der Waals surface area contributed by atoms with Crippen LogP contribution in [0.1, 0.15) is 10.4 Å². The van der Waals surface area contributed by atoms with Crippen LogP contribution in [-0.4, -0.2) is 17.6 Å². The Morgan fingerprint density at radius 3 is 2.91 bits per heavy atom. The number of nitrogens with zero attached hydrogens (tertiary/aromatic N) is 1. The maximum atomic E-state index is 11.9. The van der Waals surface area contributed by atoms with Crippen molar-refractivity contribution >= 4 is 43.5 Å². The van der Waals surface area contributed by atoms with E-state index in [1.165, 1.54) is 0 Å². The zero-order chi connectivity index (χ0) is 15.5. The zero-order valence-corrected chi connectivity index (χ0v) is 14.0. The van der Waals surface area contributed by atoms with Gasteiger partial charge in [0.05, 0.1) is 15.8 Å². The lowest BCUT2D eigenvalue weighted by atomic mass is 10.2. The summed E-state index contributed by atoms with van der Waals surface area (Å²) in [6.45, 7) is 3.74. The topological polar surface area (TPSA) is 39.2 Å². The molecule has 0 N–H and O–H groups in total. The minimum atomic E-state index is -0.349. The maximum absolute atomic E-state index is 11.9. The molecular weight excluding hydrogens is 362 g/mol. The van der Waals surface area contributed by atoms with E-state index in [2.05, 4.69) is 27.5 Å². The van der Waals surface area contributed by atoms with Crippen molar-refractivity contribution in [1.82, 2.24) is 4.98 Å². The summed E-state index contributed by atoms with van der Waals surface area (Å²) >= 11 is 5.09. The lowest BCUT2D eigenvalue weighted by Gasteiger charge is -2.00. The molecule has 1 heterocycles. The van der Waals surface area contributed by atoms with E-state index < -0.39 is 0 Å². The predicted octanol–water partition coefficient (Wildman–Crippen LogP) is 5.07. The molecule has 2 aromatic carbocycles. The fourth-order valence-corrected chi connectivity index (χ4v) is 3.67. The monoisotopic (exact) mass is 373 g/mol. The van der Waals surface area contributed by atoms with Crippen LogP contribution in [0.5, 0.6) is 0 Å². The highest BCUT2D eigenvalue weighted by Gasteiger charge is 2.12. The van der Waals surface area contributed by atoms with Gasteiger partial charge in [0.15, 0.2) is 0 Å². The standard InChI is InChI=1S/C17H12BrNO2S/c1-2-9-21-17(20)11-7-8-14-15(10-11)22-16(19-14)12-5-3-4-6-13(12)18/h2-8,10H,1,9H2. The van der Waals surface area contributed by atoms with Crippen LogP contribution >= 0.6 is 27.3 Å². The number of halogens is 1. The number of hydrogen-bond acceptors (Lipinski definition) is 4. The van der Waals surface area contributed by atoms with E-state index in [4.69, 9.17) is 4.74 Å². The van der Waals surface area contributed by atoms with Crippen molar-refractivity contribution in [2.45, 2.75) is 0 Å². The van der Waals surface area contributed by atoms with Crippen molar-refractivity contribution in [3.8, 4) is 10.6 Å². The van der Waals surface area contributed by atoms with Crippen molar-refractivity contribution < 1.29 is 9.53 Å². The number of ether oxygens (including phenoxy) is 1. The molecule has 0 aliphatic heterocycles. The molecule has 0 bridgehead atoms. The number of benzene rings is 2. The summed E-state index contributed by atoms with van der Waals surface area (Å²) < 4.78 is 7.01. The summed E-state index contributed by atoms with van der Waals surface area (Å²) in [5, 5.41) is 0.916. The molecule has 0 aliphatic rings. The summed E-state index contributed by atoms with van der Waals surface area (Å²) in [5.41, 5.74) is 2.44. The molecule has 0 fully saturated rings. The molecule has 3 nitrogen and oxygen atoms in total. The summed E-state index contributed by atoms with van der Waals surface area (Å²) in [5.74, 6) is -0.349. The van der Waals surface area contributed by atoms with E-state index in [1.807, 2.05) is 36.4 Å². The van der Waals surface area contributed by atoms with Crippen LogP contribution in [0.15, 0.2) is 59.6 Å². The Morgan fingerprint density at radius 1 is 1.32 bits per heavy atom. The molecule has 22 heavy (non-hydrogen) atoms. The number of fused-ring (bicyclic) bond motifs is 1. The fourth-order valence-electron chi connectivity index (χ4n) is 2.02. The third-order valence-electron chi connectivity index (χ3n) is 3.06. The van der Waals surface area contributed by atoms with Crippen molar-refractivity contribution in [2.24, 2.45) is 0 Å². The van der Waals surface area contributed by atoms with Gasteiger partial charge in [-0.25, -0.2) is 9.78 Å². The normalized spacial score (nSPS) is 10.6. The van der Waals surface area contributed by atoms with Crippen molar-refractivity contribution in [3.63, 3.8) is 0 Å². The van der Waals surface area contributed by atoms with Gasteiger partial charge in [0.1, 0.15) is 11.6 Å². The number of thiazole rings is 1. The van der Waals surface area contributed by atoms with Gasteiger partial charge in [0, 0.05) is 10.0 Å². The summed E-state index contributed by atoms with van der Waals surface area (Å²) in [6, 6.07) is 13.3. The third-order valence-corrected chi connectivity index (χ3v) is 4.80. The second-order valence-electron chi connectivity index (χ2n) is 4.57. The maximum Gasteiger partial charge on any atom is 0.338 e. The van der Waals surface area contributed by atoms with Gasteiger partial charge in [0.25, 0.3) is 0 Å². The molecule has 110 valence electrons. The Hall–Kier alpha value is -1.98. The Kier molecular flexibility index (Phi) is 4.36. The first kappa shape index (κ1) is 14.9. The smallest absolute Gasteiger partial charge is 0.338 e. The molecule has 0 saturated carbocycles. The van der Waals surface area contributed by atoms with Gasteiger partial charge in [0.2, 0.25) is 0 Å². The quantitative estimate of drug-likeness (QED) is 0.473. The number of esters is 1. The van der Waals surface area contributed by atoms with Crippen LogP contribution in [0.4, 0.5) is 0 Å². The van der Waals surface area contributed by atoms with Crippen LogP contribution in [0.25, 0.3) is 20.8 Å². The van der Waals surface area contributed by atoms with Crippen LogP contribution in [0.2, 0.25) is 0 Å². The summed E-state index contributed by atoms with van der Waals surface area (Å²) in [7, 11) is 0. The van der Waals surface area contributed by atoms with E-state index in [0.29, 0.717) is 5.56 Å². The van der Waals surface area contributed by atoms with Crippen molar-refractivity contribution in [2.75, 3.05) is 6.61 Å². The molecule has 0 radical (unpaired) electrons. The average Bonchev–Trinajstić information content (AvgIpc) is 2.95. The van der Waals surface area contributed by atoms with Gasteiger partial charge < -0.3 is 4.74 Å². The van der Waals surface area contributed by atoms with E-state index in [1.54, 1.807) is 23.5 Å². The van der Waals surface area contributed by atoms with Crippen molar-refractivity contribution in [3.05, 3.63) is 65.2 Å². The fraction of sp³-hybridized carbons (Fsp3) is 0.0588. The van der Waals surface area contributed by atoms with E-state index >= 15 is 0 Å². The van der Waals surface area contributed by atoms with Crippen LogP contribution < -0.4 is 0 Å². The summed E-state index contributed by atoms with van der Waals surface area (Å²) in [4.78, 5) is 16.5. The lowest BCUT2D eigenvalue weighted by Crippen LogP contribution is -2.04. The molecule has 0 atom stereocenters. The molecule has 0 amide bonds. The lowest BCUT2D eigenvalue weighted by molar-refractivity contribution is 0.0550. The predicted molar refractivity (Wildman–Crippen MR) is 93.2 cm³/mol. The molecule has 0 spiro atoms. The second kappa shape index (κ2) is 6.42.